The van der Waals surface area contributed by atoms with Gasteiger partial charge in [0, 0.05) is 28.9 Å². The van der Waals surface area contributed by atoms with Gasteiger partial charge in [-0.1, -0.05) is 65.8 Å². The lowest BCUT2D eigenvalue weighted by Crippen LogP contribution is -2.30. The fraction of sp³-hybridized carbons (Fsp3) is 0.250. The monoisotopic (exact) mass is 643 g/mol. The Bertz CT molecular complexity index is 1550. The lowest BCUT2D eigenvalue weighted by atomic mass is 10.2. The average molecular weight is 645 g/mol. The number of benzene rings is 3. The highest BCUT2D eigenvalue weighted by molar-refractivity contribution is 9.10. The van der Waals surface area contributed by atoms with E-state index in [9.17, 15) is 13.2 Å². The Hall–Kier alpha value is -3.19. The molecule has 0 unspecified atom stereocenters. The number of carbonyl (C=O) groups is 1. The summed E-state index contributed by atoms with van der Waals surface area (Å²) >= 11 is 4.99. The van der Waals surface area contributed by atoms with Crippen LogP contribution in [0.1, 0.15) is 35.6 Å². The van der Waals surface area contributed by atoms with Crippen molar-refractivity contribution in [3.8, 4) is 11.4 Å². The molecule has 9 nitrogen and oxygen atoms in total. The molecule has 1 N–H and O–H groups in total. The normalized spacial score (nSPS) is 11.5. The smallest absolute Gasteiger partial charge is 0.251 e. The topological polar surface area (TPSA) is 106 Å². The van der Waals surface area contributed by atoms with E-state index in [1.165, 1.54) is 40.3 Å². The molecule has 0 saturated carbocycles. The zero-order valence-corrected chi connectivity index (χ0v) is 25.6. The molecule has 0 fully saturated rings. The molecule has 0 bridgehead atoms. The Kier molecular flexibility index (Phi) is 10.0. The van der Waals surface area contributed by atoms with E-state index in [-0.39, 0.29) is 17.3 Å². The van der Waals surface area contributed by atoms with Crippen LogP contribution in [-0.2, 0) is 22.3 Å². The molecule has 12 heteroatoms. The van der Waals surface area contributed by atoms with Crippen molar-refractivity contribution < 1.29 is 17.9 Å². The number of thioether (sulfide) groups is 1. The molecule has 3 aromatic carbocycles. The van der Waals surface area contributed by atoms with Crippen molar-refractivity contribution in [1.29, 1.82) is 0 Å². The summed E-state index contributed by atoms with van der Waals surface area (Å²) in [5.41, 5.74) is 2.22. The number of carbonyl (C=O) groups excluding carboxylic acids is 1. The number of sulfonamides is 1. The summed E-state index contributed by atoms with van der Waals surface area (Å²) in [4.78, 5) is 13.1. The van der Waals surface area contributed by atoms with Crippen LogP contribution in [0.15, 0.2) is 87.3 Å². The van der Waals surface area contributed by atoms with Gasteiger partial charge in [-0.2, -0.15) is 4.31 Å². The highest BCUT2D eigenvalue weighted by Gasteiger charge is 2.22. The van der Waals surface area contributed by atoms with Crippen molar-refractivity contribution in [3.63, 3.8) is 0 Å². The predicted molar refractivity (Wildman–Crippen MR) is 159 cm³/mol. The number of rotatable bonds is 12. The minimum Gasteiger partial charge on any atom is -0.495 e. The molecule has 40 heavy (non-hydrogen) atoms. The van der Waals surface area contributed by atoms with Gasteiger partial charge in [-0.25, -0.2) is 8.42 Å². The minimum absolute atomic E-state index is 0.0994. The zero-order chi connectivity index (χ0) is 28.7. The maximum absolute atomic E-state index is 13.0. The maximum Gasteiger partial charge on any atom is 0.251 e. The van der Waals surface area contributed by atoms with Crippen LogP contribution in [-0.4, -0.2) is 53.6 Å². The first-order valence-corrected chi connectivity index (χ1v) is 15.8. The van der Waals surface area contributed by atoms with Gasteiger partial charge in [-0.15, -0.1) is 10.2 Å². The first-order valence-electron chi connectivity index (χ1n) is 12.6. The minimum atomic E-state index is -3.60. The first kappa shape index (κ1) is 29.8. The van der Waals surface area contributed by atoms with Crippen LogP contribution in [0.4, 0.5) is 0 Å². The van der Waals surface area contributed by atoms with Crippen molar-refractivity contribution in [2.45, 2.75) is 36.2 Å². The molecule has 0 aliphatic rings. The van der Waals surface area contributed by atoms with Crippen LogP contribution in [0.5, 0.6) is 5.75 Å². The second-order valence-electron chi connectivity index (χ2n) is 8.62. The van der Waals surface area contributed by atoms with Crippen LogP contribution in [0, 0.1) is 0 Å². The molecule has 0 radical (unpaired) electrons. The molecule has 0 spiro atoms. The van der Waals surface area contributed by atoms with Gasteiger partial charge in [-0.05, 0) is 54.1 Å². The van der Waals surface area contributed by atoms with E-state index >= 15 is 0 Å². The molecule has 210 valence electrons. The molecule has 0 saturated heterocycles. The quantitative estimate of drug-likeness (QED) is 0.209. The Balaban J connectivity index is 1.55. The second kappa shape index (κ2) is 13.4. The van der Waals surface area contributed by atoms with E-state index in [0.717, 1.165) is 15.7 Å². The van der Waals surface area contributed by atoms with Gasteiger partial charge >= 0.3 is 0 Å². The molecule has 1 amide bonds. The second-order valence-corrected chi connectivity index (χ2v) is 12.4. The largest absolute Gasteiger partial charge is 0.495 e. The Labute approximate surface area is 247 Å². The fourth-order valence-electron chi connectivity index (χ4n) is 4.05. The van der Waals surface area contributed by atoms with Crippen molar-refractivity contribution in [1.82, 2.24) is 24.4 Å². The van der Waals surface area contributed by atoms with Gasteiger partial charge in [0.15, 0.2) is 11.0 Å². The average Bonchev–Trinajstić information content (AvgIpc) is 3.38. The highest BCUT2D eigenvalue weighted by Crippen LogP contribution is 2.30. The standard InChI is InChI=1S/C28H30BrN5O4S2/c1-4-33(5-2)40(36,37)23-16-12-21(13-17-23)27(35)30-18-26-31-32-28(39-19-20-10-14-22(29)15-11-20)34(26)24-8-6-7-9-25(24)38-3/h6-17H,4-5,18-19H2,1-3H3,(H,30,35). The van der Waals surface area contributed by atoms with Crippen molar-refractivity contribution in [3.05, 3.63) is 94.2 Å². The summed E-state index contributed by atoms with van der Waals surface area (Å²) < 4.78 is 35.4. The van der Waals surface area contributed by atoms with E-state index in [1.807, 2.05) is 53.1 Å². The predicted octanol–water partition coefficient (Wildman–Crippen LogP) is 5.29. The van der Waals surface area contributed by atoms with Crippen molar-refractivity contribution in [2.24, 2.45) is 0 Å². The zero-order valence-electron chi connectivity index (χ0n) is 22.4. The van der Waals surface area contributed by atoms with Crippen LogP contribution in [0.2, 0.25) is 0 Å². The van der Waals surface area contributed by atoms with E-state index in [0.29, 0.717) is 41.1 Å². The summed E-state index contributed by atoms with van der Waals surface area (Å²) in [5, 5.41) is 12.3. The Morgan fingerprint density at radius 1 is 1.00 bits per heavy atom. The summed E-state index contributed by atoms with van der Waals surface area (Å²) in [6.45, 7) is 4.42. The fourth-order valence-corrected chi connectivity index (χ4v) is 6.69. The maximum atomic E-state index is 13.0. The lowest BCUT2D eigenvalue weighted by molar-refractivity contribution is 0.0949. The summed E-state index contributed by atoms with van der Waals surface area (Å²) in [6.07, 6.45) is 0. The highest BCUT2D eigenvalue weighted by atomic mass is 79.9. The van der Waals surface area contributed by atoms with Crippen LogP contribution < -0.4 is 10.1 Å². The third-order valence-electron chi connectivity index (χ3n) is 6.17. The molecular weight excluding hydrogens is 614 g/mol. The molecule has 1 heterocycles. The lowest BCUT2D eigenvalue weighted by Gasteiger charge is -2.18. The number of ether oxygens (including phenoxy) is 1. The number of nitrogens with one attached hydrogen (secondary N) is 1. The molecule has 4 rings (SSSR count). The van der Waals surface area contributed by atoms with Crippen LogP contribution in [0.25, 0.3) is 5.69 Å². The van der Waals surface area contributed by atoms with E-state index < -0.39 is 10.0 Å². The van der Waals surface area contributed by atoms with E-state index in [2.05, 4.69) is 31.4 Å². The number of nitrogens with zero attached hydrogens (tertiary/aromatic N) is 4. The van der Waals surface area contributed by atoms with Crippen LogP contribution >= 0.6 is 27.7 Å². The number of para-hydroxylation sites is 2. The van der Waals surface area contributed by atoms with Crippen molar-refractivity contribution >= 4 is 43.6 Å². The number of hydrogen-bond donors (Lipinski definition) is 1. The number of methoxy groups -OCH3 is 1. The molecule has 0 aliphatic heterocycles. The third kappa shape index (κ3) is 6.74. The Morgan fingerprint density at radius 3 is 2.33 bits per heavy atom. The number of halogens is 1. The Morgan fingerprint density at radius 2 is 1.68 bits per heavy atom. The van der Waals surface area contributed by atoms with Gasteiger partial charge < -0.3 is 10.1 Å². The van der Waals surface area contributed by atoms with Crippen LogP contribution in [0.3, 0.4) is 0 Å². The number of hydrogen-bond acceptors (Lipinski definition) is 7. The van der Waals surface area contributed by atoms with Gasteiger partial charge in [0.25, 0.3) is 5.91 Å². The summed E-state index contributed by atoms with van der Waals surface area (Å²) in [6, 6.07) is 21.5. The van der Waals surface area contributed by atoms with Crippen molar-refractivity contribution in [2.75, 3.05) is 20.2 Å². The first-order chi connectivity index (χ1) is 19.3. The third-order valence-corrected chi connectivity index (χ3v) is 9.77. The molecule has 0 aliphatic carbocycles. The van der Waals surface area contributed by atoms with Gasteiger partial charge in [0.05, 0.1) is 24.2 Å². The van der Waals surface area contributed by atoms with Gasteiger partial charge in [0.1, 0.15) is 5.75 Å². The molecule has 4 aromatic rings. The van der Waals surface area contributed by atoms with E-state index in [4.69, 9.17) is 4.74 Å². The van der Waals surface area contributed by atoms with E-state index in [1.54, 1.807) is 21.0 Å². The molecule has 1 aromatic heterocycles. The molecular formula is C28H30BrN5O4S2. The molecule has 0 atom stereocenters. The number of amides is 1. The van der Waals surface area contributed by atoms with Gasteiger partial charge in [0.2, 0.25) is 10.0 Å². The summed E-state index contributed by atoms with van der Waals surface area (Å²) in [5.74, 6) is 1.49. The van der Waals surface area contributed by atoms with Gasteiger partial charge in [-0.3, -0.25) is 9.36 Å². The summed E-state index contributed by atoms with van der Waals surface area (Å²) in [7, 11) is -2.00. The number of aromatic nitrogens is 3. The SMILES string of the molecule is CCN(CC)S(=O)(=O)c1ccc(C(=O)NCc2nnc(SCc3ccc(Br)cc3)n2-c2ccccc2OC)cc1.